The highest BCUT2D eigenvalue weighted by molar-refractivity contribution is 5.03. The van der Waals surface area contributed by atoms with E-state index in [2.05, 4.69) is 23.4 Å². The fraction of sp³-hybridized carbons (Fsp3) is 0.727. The molecule has 0 aliphatic heterocycles. The number of hydrogen-bond donors (Lipinski definition) is 1. The van der Waals surface area contributed by atoms with E-state index >= 15 is 0 Å². The van der Waals surface area contributed by atoms with Crippen molar-refractivity contribution in [3.8, 4) is 0 Å². The van der Waals surface area contributed by atoms with Crippen molar-refractivity contribution < 1.29 is 0 Å². The minimum atomic E-state index is 0.273. The second-order valence-electron chi connectivity index (χ2n) is 4.59. The Kier molecular flexibility index (Phi) is 2.35. The van der Waals surface area contributed by atoms with Crippen LogP contribution in [-0.2, 0) is 13.0 Å². The van der Waals surface area contributed by atoms with Gasteiger partial charge in [-0.3, -0.25) is 0 Å². The van der Waals surface area contributed by atoms with Gasteiger partial charge in [-0.25, -0.2) is 4.98 Å². The molecule has 1 heterocycles. The van der Waals surface area contributed by atoms with Crippen molar-refractivity contribution >= 4 is 0 Å². The highest BCUT2D eigenvalue weighted by atomic mass is 15.1. The van der Waals surface area contributed by atoms with Crippen molar-refractivity contribution in [3.63, 3.8) is 0 Å². The SMILES string of the molecule is CCn1ccnc1CC(N)C1(C)CC1. The van der Waals surface area contributed by atoms with E-state index < -0.39 is 0 Å². The van der Waals surface area contributed by atoms with Gasteiger partial charge in [0.2, 0.25) is 0 Å². The number of hydrogen-bond acceptors (Lipinski definition) is 2. The van der Waals surface area contributed by atoms with Gasteiger partial charge in [-0.05, 0) is 25.2 Å². The fourth-order valence-electron chi connectivity index (χ4n) is 1.83. The molecule has 1 atom stereocenters. The third-order valence-corrected chi connectivity index (χ3v) is 3.48. The van der Waals surface area contributed by atoms with Crippen LogP contribution in [-0.4, -0.2) is 15.6 Å². The molecule has 0 spiro atoms. The first-order chi connectivity index (χ1) is 6.65. The van der Waals surface area contributed by atoms with E-state index in [4.69, 9.17) is 5.73 Å². The van der Waals surface area contributed by atoms with Gasteiger partial charge >= 0.3 is 0 Å². The zero-order chi connectivity index (χ0) is 10.2. The van der Waals surface area contributed by atoms with E-state index in [1.807, 2.05) is 12.4 Å². The summed E-state index contributed by atoms with van der Waals surface area (Å²) in [6.45, 7) is 5.39. The summed E-state index contributed by atoms with van der Waals surface area (Å²) in [5, 5.41) is 0. The number of nitrogens with two attached hydrogens (primary N) is 1. The molecule has 0 radical (unpaired) electrons. The van der Waals surface area contributed by atoms with Crippen LogP contribution in [0.2, 0.25) is 0 Å². The van der Waals surface area contributed by atoms with Crippen LogP contribution in [0, 0.1) is 5.41 Å². The number of nitrogens with zero attached hydrogens (tertiary/aromatic N) is 2. The van der Waals surface area contributed by atoms with Gasteiger partial charge in [0, 0.05) is 31.4 Å². The van der Waals surface area contributed by atoms with Crippen LogP contribution in [0.15, 0.2) is 12.4 Å². The van der Waals surface area contributed by atoms with Crippen LogP contribution in [0.25, 0.3) is 0 Å². The first-order valence-electron chi connectivity index (χ1n) is 5.41. The normalized spacial score (nSPS) is 20.8. The van der Waals surface area contributed by atoms with E-state index in [0.29, 0.717) is 5.41 Å². The van der Waals surface area contributed by atoms with Crippen LogP contribution in [0.5, 0.6) is 0 Å². The van der Waals surface area contributed by atoms with E-state index in [1.165, 1.54) is 12.8 Å². The summed E-state index contributed by atoms with van der Waals surface area (Å²) >= 11 is 0. The van der Waals surface area contributed by atoms with Gasteiger partial charge in [-0.15, -0.1) is 0 Å². The molecule has 1 unspecified atom stereocenters. The molecule has 1 aromatic heterocycles. The average Bonchev–Trinajstić information content (AvgIpc) is 2.78. The van der Waals surface area contributed by atoms with Gasteiger partial charge in [0.15, 0.2) is 0 Å². The van der Waals surface area contributed by atoms with Crippen LogP contribution >= 0.6 is 0 Å². The van der Waals surface area contributed by atoms with Crippen molar-refractivity contribution in [2.45, 2.75) is 45.7 Å². The smallest absolute Gasteiger partial charge is 0.110 e. The summed E-state index contributed by atoms with van der Waals surface area (Å²) in [7, 11) is 0. The zero-order valence-corrected chi connectivity index (χ0v) is 9.03. The Morgan fingerprint density at radius 2 is 2.36 bits per heavy atom. The summed E-state index contributed by atoms with van der Waals surface area (Å²) in [6, 6.07) is 0.273. The Labute approximate surface area is 85.3 Å². The second kappa shape index (κ2) is 3.39. The van der Waals surface area contributed by atoms with Crippen LogP contribution < -0.4 is 5.73 Å². The minimum absolute atomic E-state index is 0.273. The molecule has 1 aliphatic carbocycles. The predicted octanol–water partition coefficient (Wildman–Crippen LogP) is 1.57. The van der Waals surface area contributed by atoms with Gasteiger partial charge in [-0.1, -0.05) is 6.92 Å². The highest BCUT2D eigenvalue weighted by Gasteiger charge is 2.43. The third kappa shape index (κ3) is 1.69. The van der Waals surface area contributed by atoms with Gasteiger partial charge in [0.05, 0.1) is 0 Å². The monoisotopic (exact) mass is 193 g/mol. The molecule has 2 rings (SSSR count). The van der Waals surface area contributed by atoms with Crippen molar-refractivity contribution in [3.05, 3.63) is 18.2 Å². The van der Waals surface area contributed by atoms with E-state index in [0.717, 1.165) is 18.8 Å². The average molecular weight is 193 g/mol. The number of imidazole rings is 1. The van der Waals surface area contributed by atoms with Gasteiger partial charge in [0.25, 0.3) is 0 Å². The zero-order valence-electron chi connectivity index (χ0n) is 9.03. The van der Waals surface area contributed by atoms with Gasteiger partial charge in [-0.2, -0.15) is 0 Å². The number of aromatic nitrogens is 2. The predicted molar refractivity (Wildman–Crippen MR) is 56.9 cm³/mol. The number of aryl methyl sites for hydroxylation is 1. The highest BCUT2D eigenvalue weighted by Crippen LogP contribution is 2.47. The Hall–Kier alpha value is -0.830. The molecule has 0 bridgehead atoms. The van der Waals surface area contributed by atoms with E-state index in [9.17, 15) is 0 Å². The lowest BCUT2D eigenvalue weighted by molar-refractivity contribution is 0.420. The van der Waals surface area contributed by atoms with Gasteiger partial charge in [0.1, 0.15) is 5.82 Å². The Bertz CT molecular complexity index is 312. The minimum Gasteiger partial charge on any atom is -0.335 e. The van der Waals surface area contributed by atoms with Crippen molar-refractivity contribution in [2.75, 3.05) is 0 Å². The number of rotatable bonds is 4. The van der Waals surface area contributed by atoms with E-state index in [-0.39, 0.29) is 6.04 Å². The van der Waals surface area contributed by atoms with Crippen LogP contribution in [0.1, 0.15) is 32.5 Å². The standard InChI is InChI=1S/C11H19N3/c1-3-14-7-6-13-10(14)8-9(12)11(2)4-5-11/h6-7,9H,3-5,8,12H2,1-2H3. The quantitative estimate of drug-likeness (QED) is 0.789. The summed E-state index contributed by atoms with van der Waals surface area (Å²) in [6.07, 6.45) is 7.36. The lowest BCUT2D eigenvalue weighted by atomic mass is 9.96. The molecule has 3 nitrogen and oxygen atoms in total. The first kappa shape index (κ1) is 9.71. The summed E-state index contributed by atoms with van der Waals surface area (Å²) in [5.74, 6) is 1.13. The van der Waals surface area contributed by atoms with E-state index in [1.54, 1.807) is 0 Å². The van der Waals surface area contributed by atoms with Crippen molar-refractivity contribution in [1.82, 2.24) is 9.55 Å². The maximum atomic E-state index is 6.17. The second-order valence-corrected chi connectivity index (χ2v) is 4.59. The molecular formula is C11H19N3. The lowest BCUT2D eigenvalue weighted by Crippen LogP contribution is -2.32. The molecule has 1 aliphatic rings. The van der Waals surface area contributed by atoms with Crippen LogP contribution in [0.3, 0.4) is 0 Å². The third-order valence-electron chi connectivity index (χ3n) is 3.48. The molecular weight excluding hydrogens is 174 g/mol. The molecule has 78 valence electrons. The van der Waals surface area contributed by atoms with Gasteiger partial charge < -0.3 is 10.3 Å². The molecule has 14 heavy (non-hydrogen) atoms. The largest absolute Gasteiger partial charge is 0.335 e. The molecule has 3 heteroatoms. The van der Waals surface area contributed by atoms with Crippen molar-refractivity contribution in [1.29, 1.82) is 0 Å². The Morgan fingerprint density at radius 1 is 1.64 bits per heavy atom. The first-order valence-corrected chi connectivity index (χ1v) is 5.41. The summed E-state index contributed by atoms with van der Waals surface area (Å²) in [4.78, 5) is 4.35. The van der Waals surface area contributed by atoms with Crippen LogP contribution in [0.4, 0.5) is 0 Å². The molecule has 1 saturated carbocycles. The Balaban J connectivity index is 2.03. The maximum Gasteiger partial charge on any atom is 0.110 e. The fourth-order valence-corrected chi connectivity index (χ4v) is 1.83. The summed E-state index contributed by atoms with van der Waals surface area (Å²) < 4.78 is 2.17. The van der Waals surface area contributed by atoms with Crippen molar-refractivity contribution in [2.24, 2.45) is 11.1 Å². The maximum absolute atomic E-state index is 6.17. The topological polar surface area (TPSA) is 43.8 Å². The molecule has 1 aromatic rings. The summed E-state index contributed by atoms with van der Waals surface area (Å²) in [5.41, 5.74) is 6.57. The molecule has 0 saturated heterocycles. The molecule has 0 amide bonds. The molecule has 2 N–H and O–H groups in total. The molecule has 0 aromatic carbocycles. The Morgan fingerprint density at radius 3 is 2.93 bits per heavy atom. The lowest BCUT2D eigenvalue weighted by Gasteiger charge is -2.18. The molecule has 1 fully saturated rings.